The molecule has 1 saturated carbocycles. The van der Waals surface area contributed by atoms with Crippen molar-refractivity contribution >= 4 is 5.96 Å². The highest BCUT2D eigenvalue weighted by atomic mass is 15.3. The second kappa shape index (κ2) is 9.27. The molecule has 2 unspecified atom stereocenters. The Morgan fingerprint density at radius 1 is 1.14 bits per heavy atom. The fourth-order valence-corrected chi connectivity index (χ4v) is 5.16. The highest BCUT2D eigenvalue weighted by molar-refractivity contribution is 5.80. The summed E-state index contributed by atoms with van der Waals surface area (Å²) in [5.74, 6) is 0.961. The summed E-state index contributed by atoms with van der Waals surface area (Å²) in [5.41, 5.74) is 3.01. The molecule has 28 heavy (non-hydrogen) atoms. The number of guanidine groups is 1. The largest absolute Gasteiger partial charge is 0.355 e. The van der Waals surface area contributed by atoms with Crippen LogP contribution in [0.3, 0.4) is 0 Å². The van der Waals surface area contributed by atoms with Crippen LogP contribution in [0, 0.1) is 0 Å². The van der Waals surface area contributed by atoms with Crippen LogP contribution in [0.2, 0.25) is 0 Å². The van der Waals surface area contributed by atoms with Gasteiger partial charge in [0.25, 0.3) is 0 Å². The van der Waals surface area contributed by atoms with Gasteiger partial charge in [-0.25, -0.2) is 0 Å². The fraction of sp³-hybridized carbons (Fsp3) is 0.696. The van der Waals surface area contributed by atoms with Crippen LogP contribution in [-0.2, 0) is 13.0 Å². The highest BCUT2D eigenvalue weighted by Gasteiger charge is 2.30. The van der Waals surface area contributed by atoms with E-state index in [1.807, 2.05) is 7.05 Å². The third-order valence-electron chi connectivity index (χ3n) is 6.97. The molecule has 0 spiro atoms. The molecular weight excluding hydrogens is 346 g/mol. The average molecular weight is 384 g/mol. The first-order valence-corrected chi connectivity index (χ1v) is 11.2. The molecule has 0 amide bonds. The summed E-state index contributed by atoms with van der Waals surface area (Å²) < 4.78 is 0. The van der Waals surface area contributed by atoms with Gasteiger partial charge in [0.15, 0.2) is 5.96 Å². The molecular formula is C23H37N5. The minimum atomic E-state index is 0.491. The van der Waals surface area contributed by atoms with Gasteiger partial charge in [-0.05, 0) is 43.7 Å². The number of likely N-dealkylation sites (tertiary alicyclic amines) is 1. The Morgan fingerprint density at radius 3 is 2.71 bits per heavy atom. The van der Waals surface area contributed by atoms with Crippen LogP contribution >= 0.6 is 0 Å². The van der Waals surface area contributed by atoms with Gasteiger partial charge >= 0.3 is 0 Å². The molecule has 2 atom stereocenters. The zero-order valence-electron chi connectivity index (χ0n) is 17.7. The summed E-state index contributed by atoms with van der Waals surface area (Å²) in [7, 11) is 1.89. The summed E-state index contributed by atoms with van der Waals surface area (Å²) in [4.78, 5) is 9.77. The SMILES string of the molecule is CN=C(NCC(C)N1CCc2ccccc2C1)NC1CCN(C2CCCC2)C1. The van der Waals surface area contributed by atoms with Crippen molar-refractivity contribution in [3.05, 3.63) is 35.4 Å². The van der Waals surface area contributed by atoms with Crippen LogP contribution in [0.1, 0.15) is 50.2 Å². The highest BCUT2D eigenvalue weighted by Crippen LogP contribution is 2.26. The van der Waals surface area contributed by atoms with E-state index in [9.17, 15) is 0 Å². The van der Waals surface area contributed by atoms with Gasteiger partial charge < -0.3 is 10.6 Å². The summed E-state index contributed by atoms with van der Waals surface area (Å²) in [6.45, 7) is 7.87. The molecule has 2 fully saturated rings. The topological polar surface area (TPSA) is 42.9 Å². The molecule has 1 aromatic carbocycles. The molecule has 0 aromatic heterocycles. The maximum absolute atomic E-state index is 4.48. The van der Waals surface area contributed by atoms with Gasteiger partial charge in [-0.2, -0.15) is 0 Å². The number of fused-ring (bicyclic) bond motifs is 1. The predicted octanol–water partition coefficient (Wildman–Crippen LogP) is 2.62. The van der Waals surface area contributed by atoms with E-state index in [-0.39, 0.29) is 0 Å². The summed E-state index contributed by atoms with van der Waals surface area (Å²) in [6, 6.07) is 10.7. The Morgan fingerprint density at radius 2 is 1.93 bits per heavy atom. The van der Waals surface area contributed by atoms with Crippen molar-refractivity contribution in [3.63, 3.8) is 0 Å². The van der Waals surface area contributed by atoms with Gasteiger partial charge in [-0.1, -0.05) is 37.1 Å². The Labute approximate surface area is 170 Å². The van der Waals surface area contributed by atoms with Gasteiger partial charge in [0.2, 0.25) is 0 Å². The van der Waals surface area contributed by atoms with Crippen molar-refractivity contribution in [2.45, 2.75) is 70.1 Å². The lowest BCUT2D eigenvalue weighted by Crippen LogP contribution is -2.50. The fourth-order valence-electron chi connectivity index (χ4n) is 5.16. The quantitative estimate of drug-likeness (QED) is 0.606. The van der Waals surface area contributed by atoms with E-state index in [0.29, 0.717) is 12.1 Å². The molecule has 1 aromatic rings. The normalized spacial score (nSPS) is 25.6. The molecule has 2 aliphatic heterocycles. The van der Waals surface area contributed by atoms with E-state index in [2.05, 4.69) is 56.6 Å². The van der Waals surface area contributed by atoms with Crippen molar-refractivity contribution in [2.75, 3.05) is 33.2 Å². The second-order valence-electron chi connectivity index (χ2n) is 8.85. The summed E-state index contributed by atoms with van der Waals surface area (Å²) in [6.07, 6.45) is 8.03. The monoisotopic (exact) mass is 383 g/mol. The second-order valence-corrected chi connectivity index (χ2v) is 8.85. The van der Waals surface area contributed by atoms with E-state index >= 15 is 0 Å². The Bertz CT molecular complexity index is 667. The molecule has 2 heterocycles. The van der Waals surface area contributed by atoms with Crippen LogP contribution in [0.5, 0.6) is 0 Å². The lowest BCUT2D eigenvalue weighted by molar-refractivity contribution is 0.191. The number of nitrogens with zero attached hydrogens (tertiary/aromatic N) is 3. The molecule has 1 saturated heterocycles. The molecule has 3 aliphatic rings. The van der Waals surface area contributed by atoms with E-state index in [4.69, 9.17) is 0 Å². The number of rotatable bonds is 5. The zero-order chi connectivity index (χ0) is 19.3. The van der Waals surface area contributed by atoms with Crippen molar-refractivity contribution in [2.24, 2.45) is 4.99 Å². The minimum absolute atomic E-state index is 0.491. The van der Waals surface area contributed by atoms with Crippen LogP contribution in [0.25, 0.3) is 0 Å². The number of hydrogen-bond donors (Lipinski definition) is 2. The minimum Gasteiger partial charge on any atom is -0.355 e. The van der Waals surface area contributed by atoms with Crippen molar-refractivity contribution < 1.29 is 0 Å². The Balaban J connectivity index is 1.22. The molecule has 5 heteroatoms. The maximum atomic E-state index is 4.48. The smallest absolute Gasteiger partial charge is 0.191 e. The lowest BCUT2D eigenvalue weighted by atomic mass is 9.99. The van der Waals surface area contributed by atoms with Gasteiger partial charge in [0.1, 0.15) is 0 Å². The van der Waals surface area contributed by atoms with Gasteiger partial charge in [-0.3, -0.25) is 14.8 Å². The molecule has 5 nitrogen and oxygen atoms in total. The predicted molar refractivity (Wildman–Crippen MR) is 117 cm³/mol. The van der Waals surface area contributed by atoms with Crippen LogP contribution in [0.4, 0.5) is 0 Å². The van der Waals surface area contributed by atoms with Crippen molar-refractivity contribution in [1.29, 1.82) is 0 Å². The Hall–Kier alpha value is -1.59. The summed E-state index contributed by atoms with van der Waals surface area (Å²) in [5, 5.41) is 7.25. The first-order chi connectivity index (χ1) is 13.7. The zero-order valence-corrected chi connectivity index (χ0v) is 17.7. The average Bonchev–Trinajstić information content (AvgIpc) is 3.42. The van der Waals surface area contributed by atoms with Gasteiger partial charge in [0, 0.05) is 57.9 Å². The maximum Gasteiger partial charge on any atom is 0.191 e. The van der Waals surface area contributed by atoms with Crippen molar-refractivity contribution in [3.8, 4) is 0 Å². The molecule has 2 N–H and O–H groups in total. The number of nitrogens with one attached hydrogen (secondary N) is 2. The lowest BCUT2D eigenvalue weighted by Gasteiger charge is -2.34. The first kappa shape index (κ1) is 19.7. The van der Waals surface area contributed by atoms with Gasteiger partial charge in [0.05, 0.1) is 0 Å². The third-order valence-corrected chi connectivity index (χ3v) is 6.97. The van der Waals surface area contributed by atoms with E-state index in [0.717, 1.165) is 38.1 Å². The van der Waals surface area contributed by atoms with Crippen molar-refractivity contribution in [1.82, 2.24) is 20.4 Å². The van der Waals surface area contributed by atoms with Crippen LogP contribution in [-0.4, -0.2) is 67.1 Å². The molecule has 4 rings (SSSR count). The van der Waals surface area contributed by atoms with Gasteiger partial charge in [-0.15, -0.1) is 0 Å². The first-order valence-electron chi connectivity index (χ1n) is 11.2. The molecule has 0 bridgehead atoms. The molecule has 154 valence electrons. The van der Waals surface area contributed by atoms with Crippen LogP contribution < -0.4 is 10.6 Å². The number of benzene rings is 1. The van der Waals surface area contributed by atoms with E-state index < -0.39 is 0 Å². The third kappa shape index (κ3) is 4.69. The standard InChI is InChI=1S/C23H37N5/c1-18(27-13-11-19-7-3-4-8-20(19)16-27)15-25-23(24-2)26-21-12-14-28(17-21)22-9-5-6-10-22/h3-4,7-8,18,21-22H,5-6,9-17H2,1-2H3,(H2,24,25,26). The van der Waals surface area contributed by atoms with E-state index in [1.54, 1.807) is 0 Å². The molecule has 0 radical (unpaired) electrons. The number of hydrogen-bond acceptors (Lipinski definition) is 3. The Kier molecular flexibility index (Phi) is 6.53. The number of aliphatic imine (C=N–C) groups is 1. The van der Waals surface area contributed by atoms with Crippen LogP contribution in [0.15, 0.2) is 29.3 Å². The molecule has 1 aliphatic carbocycles. The van der Waals surface area contributed by atoms with E-state index in [1.165, 1.54) is 56.3 Å². The summed E-state index contributed by atoms with van der Waals surface area (Å²) >= 11 is 0.